The van der Waals surface area contributed by atoms with Crippen molar-refractivity contribution in [3.05, 3.63) is 28.8 Å². The highest BCUT2D eigenvalue weighted by Crippen LogP contribution is 2.27. The van der Waals surface area contributed by atoms with E-state index in [2.05, 4.69) is 15.9 Å². The minimum atomic E-state index is -0.0715. The van der Waals surface area contributed by atoms with E-state index in [0.29, 0.717) is 17.3 Å². The lowest BCUT2D eigenvalue weighted by Gasteiger charge is -2.02. The number of alkyl halides is 1. The average molecular weight is 264 g/mol. The molecule has 1 rings (SSSR count). The zero-order chi connectivity index (χ0) is 9.84. The van der Waals surface area contributed by atoms with E-state index in [1.165, 1.54) is 6.07 Å². The molecule has 0 heterocycles. The number of phenolic OH excluding ortho intramolecular Hbond substituents is 1. The molecule has 1 aromatic rings. The van der Waals surface area contributed by atoms with Gasteiger partial charge in [-0.3, -0.25) is 4.79 Å². The summed E-state index contributed by atoms with van der Waals surface area (Å²) in [4.78, 5) is 11.4. The third kappa shape index (κ3) is 2.45. The highest BCUT2D eigenvalue weighted by atomic mass is 79.9. The summed E-state index contributed by atoms with van der Waals surface area (Å²) in [7, 11) is 0. The largest absolute Gasteiger partial charge is 0.506 e. The van der Waals surface area contributed by atoms with E-state index in [9.17, 15) is 9.90 Å². The van der Waals surface area contributed by atoms with Gasteiger partial charge in [0.1, 0.15) is 5.75 Å². The van der Waals surface area contributed by atoms with Gasteiger partial charge < -0.3 is 5.11 Å². The second-order valence-corrected chi connectivity index (χ2v) is 3.67. The summed E-state index contributed by atoms with van der Waals surface area (Å²) >= 11 is 8.90. The van der Waals surface area contributed by atoms with Gasteiger partial charge in [-0.05, 0) is 12.1 Å². The first-order valence-electron chi connectivity index (χ1n) is 3.73. The van der Waals surface area contributed by atoms with Crippen LogP contribution in [0.4, 0.5) is 0 Å². The molecule has 0 spiro atoms. The first kappa shape index (κ1) is 10.5. The SMILES string of the molecule is O=C(CCBr)c1cccc(O)c1Cl. The van der Waals surface area contributed by atoms with Crippen molar-refractivity contribution in [2.75, 3.05) is 5.33 Å². The van der Waals surface area contributed by atoms with Crippen LogP contribution < -0.4 is 0 Å². The van der Waals surface area contributed by atoms with Crippen molar-refractivity contribution in [2.45, 2.75) is 6.42 Å². The van der Waals surface area contributed by atoms with Crippen LogP contribution in [0.2, 0.25) is 5.02 Å². The predicted molar refractivity (Wildman–Crippen MR) is 55.9 cm³/mol. The normalized spacial score (nSPS) is 10.0. The van der Waals surface area contributed by atoms with Gasteiger partial charge in [0.25, 0.3) is 0 Å². The number of hydrogen-bond acceptors (Lipinski definition) is 2. The molecule has 0 aliphatic carbocycles. The summed E-state index contributed by atoms with van der Waals surface area (Å²) in [5.41, 5.74) is 0.376. The minimum Gasteiger partial charge on any atom is -0.506 e. The molecule has 1 N–H and O–H groups in total. The third-order valence-electron chi connectivity index (χ3n) is 1.60. The quantitative estimate of drug-likeness (QED) is 0.672. The maximum Gasteiger partial charge on any atom is 0.165 e. The van der Waals surface area contributed by atoms with Crippen LogP contribution in [0.25, 0.3) is 0 Å². The molecular formula is C9H8BrClO2. The van der Waals surface area contributed by atoms with Gasteiger partial charge >= 0.3 is 0 Å². The number of Topliss-reactive ketones (excluding diaryl/α,β-unsaturated/α-hetero) is 1. The van der Waals surface area contributed by atoms with E-state index in [0.717, 1.165) is 0 Å². The molecule has 1 aromatic carbocycles. The Bertz CT molecular complexity index is 325. The molecule has 0 atom stereocenters. The smallest absolute Gasteiger partial charge is 0.165 e. The van der Waals surface area contributed by atoms with Crippen LogP contribution in [0.1, 0.15) is 16.8 Å². The van der Waals surface area contributed by atoms with Gasteiger partial charge in [0.05, 0.1) is 5.02 Å². The monoisotopic (exact) mass is 262 g/mol. The topological polar surface area (TPSA) is 37.3 Å². The standard InChI is InChI=1S/C9H8BrClO2/c10-5-4-7(12)6-2-1-3-8(13)9(6)11/h1-3,13H,4-5H2. The Labute approximate surface area is 89.7 Å². The second-order valence-electron chi connectivity index (χ2n) is 2.50. The fourth-order valence-electron chi connectivity index (χ4n) is 0.956. The van der Waals surface area contributed by atoms with Gasteiger partial charge in [-0.2, -0.15) is 0 Å². The number of ketones is 1. The van der Waals surface area contributed by atoms with Gasteiger partial charge in [-0.25, -0.2) is 0 Å². The van der Waals surface area contributed by atoms with E-state index in [1.54, 1.807) is 12.1 Å². The number of aromatic hydroxyl groups is 1. The van der Waals surface area contributed by atoms with Gasteiger partial charge in [-0.1, -0.05) is 33.6 Å². The Morgan fingerprint density at radius 3 is 2.85 bits per heavy atom. The summed E-state index contributed by atoms with van der Waals surface area (Å²) in [5, 5.41) is 9.95. The molecule has 0 fully saturated rings. The lowest BCUT2D eigenvalue weighted by molar-refractivity contribution is 0.0989. The molecule has 0 bridgehead atoms. The van der Waals surface area contributed by atoms with E-state index in [-0.39, 0.29) is 16.6 Å². The van der Waals surface area contributed by atoms with E-state index >= 15 is 0 Å². The van der Waals surface area contributed by atoms with Crippen molar-refractivity contribution in [1.29, 1.82) is 0 Å². The minimum absolute atomic E-state index is 0.0536. The zero-order valence-corrected chi connectivity index (χ0v) is 9.10. The fraction of sp³-hybridized carbons (Fsp3) is 0.222. The van der Waals surface area contributed by atoms with Crippen LogP contribution in [-0.4, -0.2) is 16.2 Å². The average Bonchev–Trinajstić information content (AvgIpc) is 2.10. The fourth-order valence-corrected chi connectivity index (χ4v) is 1.55. The summed E-state index contributed by atoms with van der Waals surface area (Å²) in [6.45, 7) is 0. The zero-order valence-electron chi connectivity index (χ0n) is 6.76. The van der Waals surface area contributed by atoms with Crippen molar-refractivity contribution >= 4 is 33.3 Å². The Kier molecular flexibility index (Phi) is 3.75. The van der Waals surface area contributed by atoms with E-state index in [4.69, 9.17) is 11.6 Å². The lowest BCUT2D eigenvalue weighted by Crippen LogP contribution is -2.00. The van der Waals surface area contributed by atoms with Crippen molar-refractivity contribution in [2.24, 2.45) is 0 Å². The number of hydrogen-bond donors (Lipinski definition) is 1. The number of benzene rings is 1. The number of halogens is 2. The molecule has 0 radical (unpaired) electrons. The van der Waals surface area contributed by atoms with Gasteiger partial charge in [-0.15, -0.1) is 0 Å². The van der Waals surface area contributed by atoms with Gasteiger partial charge in [0.15, 0.2) is 5.78 Å². The molecule has 0 aliphatic heterocycles. The Morgan fingerprint density at radius 1 is 1.54 bits per heavy atom. The maximum absolute atomic E-state index is 11.4. The van der Waals surface area contributed by atoms with Crippen LogP contribution in [-0.2, 0) is 0 Å². The summed E-state index contributed by atoms with van der Waals surface area (Å²) in [5.74, 6) is -0.125. The third-order valence-corrected chi connectivity index (χ3v) is 2.39. The highest BCUT2D eigenvalue weighted by molar-refractivity contribution is 9.09. The van der Waals surface area contributed by atoms with Crippen LogP contribution in [0.5, 0.6) is 5.75 Å². The number of carbonyl (C=O) groups is 1. The molecule has 0 saturated heterocycles. The molecular weight excluding hydrogens is 255 g/mol. The summed E-state index contributed by atoms with van der Waals surface area (Å²) in [6, 6.07) is 4.66. The Morgan fingerprint density at radius 2 is 2.23 bits per heavy atom. The lowest BCUT2D eigenvalue weighted by atomic mass is 10.1. The van der Waals surface area contributed by atoms with Crippen molar-refractivity contribution < 1.29 is 9.90 Å². The Hall–Kier alpha value is -0.540. The Balaban J connectivity index is 3.01. The molecule has 0 aromatic heterocycles. The highest BCUT2D eigenvalue weighted by Gasteiger charge is 2.11. The molecule has 70 valence electrons. The van der Waals surface area contributed by atoms with Crippen molar-refractivity contribution in [3.63, 3.8) is 0 Å². The van der Waals surface area contributed by atoms with Crippen molar-refractivity contribution in [3.8, 4) is 5.75 Å². The molecule has 0 saturated carbocycles. The maximum atomic E-state index is 11.4. The first-order chi connectivity index (χ1) is 6.16. The van der Waals surface area contributed by atoms with E-state index in [1.807, 2.05) is 0 Å². The summed E-state index contributed by atoms with van der Waals surface area (Å²) < 4.78 is 0. The first-order valence-corrected chi connectivity index (χ1v) is 5.23. The number of phenols is 1. The molecule has 2 nitrogen and oxygen atoms in total. The molecule has 0 unspecified atom stereocenters. The molecule has 0 aliphatic rings. The van der Waals surface area contributed by atoms with Crippen LogP contribution in [0.15, 0.2) is 18.2 Å². The van der Waals surface area contributed by atoms with Crippen LogP contribution >= 0.6 is 27.5 Å². The van der Waals surface area contributed by atoms with Crippen LogP contribution in [0.3, 0.4) is 0 Å². The van der Waals surface area contributed by atoms with Crippen LogP contribution in [0, 0.1) is 0 Å². The predicted octanol–water partition coefficient (Wildman–Crippen LogP) is 3.01. The molecule has 4 heteroatoms. The molecule has 13 heavy (non-hydrogen) atoms. The van der Waals surface area contributed by atoms with Gasteiger partial charge in [0.2, 0.25) is 0 Å². The van der Waals surface area contributed by atoms with Crippen molar-refractivity contribution in [1.82, 2.24) is 0 Å². The second kappa shape index (κ2) is 4.63. The summed E-state index contributed by atoms with van der Waals surface area (Å²) in [6.07, 6.45) is 0.378. The number of carbonyl (C=O) groups excluding carboxylic acids is 1. The van der Waals surface area contributed by atoms with Gasteiger partial charge in [0, 0.05) is 17.3 Å². The number of rotatable bonds is 3. The van der Waals surface area contributed by atoms with E-state index < -0.39 is 0 Å². The molecule has 0 amide bonds.